The number of anilines is 1. The van der Waals surface area contributed by atoms with Crippen molar-refractivity contribution in [1.29, 1.82) is 0 Å². The average Bonchev–Trinajstić information content (AvgIpc) is 3.18. The van der Waals surface area contributed by atoms with E-state index in [9.17, 15) is 5.11 Å². The molecule has 2 aliphatic rings. The first-order chi connectivity index (χ1) is 13.9. The van der Waals surface area contributed by atoms with Crippen molar-refractivity contribution in [2.24, 2.45) is 0 Å². The first kappa shape index (κ1) is 20.1. The first-order valence-electron chi connectivity index (χ1n) is 9.48. The number of ether oxygens (including phenoxy) is 3. The molecule has 0 spiro atoms. The highest BCUT2D eigenvalue weighted by molar-refractivity contribution is 8.00. The van der Waals surface area contributed by atoms with Crippen molar-refractivity contribution in [3.63, 3.8) is 0 Å². The molecule has 156 valence electrons. The molecule has 0 radical (unpaired) electrons. The van der Waals surface area contributed by atoms with Crippen LogP contribution >= 0.6 is 11.8 Å². The van der Waals surface area contributed by atoms with Gasteiger partial charge in [0, 0.05) is 31.0 Å². The van der Waals surface area contributed by atoms with Crippen LogP contribution in [0.5, 0.6) is 11.9 Å². The molecule has 29 heavy (non-hydrogen) atoms. The zero-order chi connectivity index (χ0) is 20.6. The van der Waals surface area contributed by atoms with Crippen molar-refractivity contribution in [2.75, 3.05) is 45.4 Å². The predicted molar refractivity (Wildman–Crippen MR) is 109 cm³/mol. The molecule has 2 aromatic heterocycles. The van der Waals surface area contributed by atoms with Gasteiger partial charge in [-0.15, -0.1) is 11.8 Å². The second kappa shape index (κ2) is 7.92. The normalized spacial score (nSPS) is 19.2. The molecule has 1 saturated heterocycles. The van der Waals surface area contributed by atoms with E-state index in [1.54, 1.807) is 25.1 Å². The van der Waals surface area contributed by atoms with Gasteiger partial charge in [0.1, 0.15) is 11.4 Å². The van der Waals surface area contributed by atoms with Crippen LogP contribution in [0.2, 0.25) is 0 Å². The Hall–Kier alpha value is -2.17. The number of fused-ring (bicyclic) bond motifs is 1. The third-order valence-electron chi connectivity index (χ3n) is 5.00. The molecule has 9 nitrogen and oxygen atoms in total. The summed E-state index contributed by atoms with van der Waals surface area (Å²) in [6, 6.07) is 0.220. The van der Waals surface area contributed by atoms with Gasteiger partial charge in [0.2, 0.25) is 5.88 Å². The molecule has 0 aromatic carbocycles. The molecule has 1 fully saturated rings. The maximum absolute atomic E-state index is 10.6. The number of methoxy groups -OCH3 is 2. The number of nitrogens with zero attached hydrogens (tertiary/aromatic N) is 5. The molecule has 1 atom stereocenters. The fourth-order valence-corrected chi connectivity index (χ4v) is 4.72. The minimum atomic E-state index is -0.825. The fourth-order valence-electron chi connectivity index (χ4n) is 3.36. The Labute approximate surface area is 173 Å². The lowest BCUT2D eigenvalue weighted by molar-refractivity contribution is 0.0784. The molecule has 1 unspecified atom stereocenters. The van der Waals surface area contributed by atoms with Crippen molar-refractivity contribution in [3.05, 3.63) is 11.9 Å². The number of thioether (sulfide) groups is 1. The van der Waals surface area contributed by atoms with Gasteiger partial charge in [0.05, 0.1) is 43.6 Å². The molecule has 10 heteroatoms. The van der Waals surface area contributed by atoms with Gasteiger partial charge < -0.3 is 24.2 Å². The minimum Gasteiger partial charge on any atom is -0.480 e. The molecule has 2 aromatic rings. The summed E-state index contributed by atoms with van der Waals surface area (Å²) in [6.45, 7) is 6.49. The van der Waals surface area contributed by atoms with E-state index in [1.807, 2.05) is 13.8 Å². The van der Waals surface area contributed by atoms with Crippen molar-refractivity contribution < 1.29 is 19.3 Å². The second-order valence-corrected chi connectivity index (χ2v) is 8.70. The Morgan fingerprint density at radius 2 is 1.93 bits per heavy atom. The number of hydrogen-bond donors (Lipinski definition) is 1. The zero-order valence-corrected chi connectivity index (χ0v) is 17.8. The van der Waals surface area contributed by atoms with Crippen LogP contribution < -0.4 is 14.4 Å². The number of morpholine rings is 1. The highest BCUT2D eigenvalue weighted by Gasteiger charge is 2.38. The van der Waals surface area contributed by atoms with Gasteiger partial charge in [-0.3, -0.25) is 0 Å². The van der Waals surface area contributed by atoms with Gasteiger partial charge in [-0.1, -0.05) is 0 Å². The number of aromatic nitrogens is 4. The Bertz CT molecular complexity index is 899. The van der Waals surface area contributed by atoms with E-state index in [1.165, 1.54) is 7.11 Å². The molecule has 0 aliphatic carbocycles. The van der Waals surface area contributed by atoms with E-state index in [2.05, 4.69) is 14.9 Å². The standard InChI is InChI=1S/C19H25N5O4S/c1-19(2,25)13-9-12-14(29-13)16(24-5-7-28-8-6-24)22-15(21-12)11-10-20-18(27-4)23-17(11)26-3/h10,13,25H,5-9H2,1-4H3. The van der Waals surface area contributed by atoms with Crippen molar-refractivity contribution >= 4 is 17.6 Å². The second-order valence-electron chi connectivity index (χ2n) is 7.49. The Balaban J connectivity index is 1.81. The van der Waals surface area contributed by atoms with Crippen LogP contribution in [-0.2, 0) is 11.2 Å². The van der Waals surface area contributed by atoms with Crippen molar-refractivity contribution in [1.82, 2.24) is 19.9 Å². The van der Waals surface area contributed by atoms with Gasteiger partial charge in [-0.25, -0.2) is 15.0 Å². The van der Waals surface area contributed by atoms with Crippen LogP contribution in [0, 0.1) is 0 Å². The summed E-state index contributed by atoms with van der Waals surface area (Å²) in [5, 5.41) is 10.6. The summed E-state index contributed by atoms with van der Waals surface area (Å²) in [6.07, 6.45) is 2.28. The monoisotopic (exact) mass is 419 g/mol. The van der Waals surface area contributed by atoms with Crippen LogP contribution in [0.25, 0.3) is 11.4 Å². The van der Waals surface area contributed by atoms with Crippen LogP contribution in [0.15, 0.2) is 11.1 Å². The highest BCUT2D eigenvalue weighted by Crippen LogP contribution is 2.46. The van der Waals surface area contributed by atoms with E-state index in [-0.39, 0.29) is 11.3 Å². The van der Waals surface area contributed by atoms with Crippen molar-refractivity contribution in [2.45, 2.75) is 36.0 Å². The van der Waals surface area contributed by atoms with Crippen LogP contribution in [-0.4, -0.2) is 76.4 Å². The molecule has 2 aliphatic heterocycles. The number of aliphatic hydroxyl groups is 1. The molecular weight excluding hydrogens is 394 g/mol. The molecule has 4 rings (SSSR count). The SMILES string of the molecule is COc1ncc(-c2nc3c(c(N4CCOCC4)n2)SC(C(C)(C)O)C3)c(OC)n1. The summed E-state index contributed by atoms with van der Waals surface area (Å²) in [7, 11) is 3.05. The average molecular weight is 420 g/mol. The summed E-state index contributed by atoms with van der Waals surface area (Å²) >= 11 is 1.64. The summed E-state index contributed by atoms with van der Waals surface area (Å²) in [5.41, 5.74) is 0.697. The van der Waals surface area contributed by atoms with Crippen LogP contribution in [0.1, 0.15) is 19.5 Å². The molecule has 1 N–H and O–H groups in total. The topological polar surface area (TPSA) is 103 Å². The zero-order valence-electron chi connectivity index (χ0n) is 17.0. The maximum atomic E-state index is 10.6. The molecule has 0 saturated carbocycles. The van der Waals surface area contributed by atoms with Crippen LogP contribution in [0.4, 0.5) is 5.82 Å². The lowest BCUT2D eigenvalue weighted by Crippen LogP contribution is -2.37. The third-order valence-corrected chi connectivity index (χ3v) is 6.69. The van der Waals surface area contributed by atoms with Crippen molar-refractivity contribution in [3.8, 4) is 23.3 Å². The predicted octanol–water partition coefficient (Wildman–Crippen LogP) is 1.58. The highest BCUT2D eigenvalue weighted by atomic mass is 32.2. The van der Waals surface area contributed by atoms with E-state index in [0.29, 0.717) is 36.9 Å². The van der Waals surface area contributed by atoms with Crippen LogP contribution in [0.3, 0.4) is 0 Å². The lowest BCUT2D eigenvalue weighted by Gasteiger charge is -2.29. The molecule has 0 bridgehead atoms. The van der Waals surface area contributed by atoms with E-state index in [4.69, 9.17) is 24.2 Å². The lowest BCUT2D eigenvalue weighted by atomic mass is 10.0. The Kier molecular flexibility index (Phi) is 5.50. The van der Waals surface area contributed by atoms with E-state index in [0.717, 1.165) is 29.5 Å². The summed E-state index contributed by atoms with van der Waals surface area (Å²) in [4.78, 5) is 21.4. The first-order valence-corrected chi connectivity index (χ1v) is 10.4. The summed E-state index contributed by atoms with van der Waals surface area (Å²) in [5.74, 6) is 1.72. The minimum absolute atomic E-state index is 0.0100. The summed E-state index contributed by atoms with van der Waals surface area (Å²) < 4.78 is 16.0. The fraction of sp³-hybridized carbons (Fsp3) is 0.579. The molecule has 4 heterocycles. The Morgan fingerprint density at radius 1 is 1.17 bits per heavy atom. The smallest absolute Gasteiger partial charge is 0.319 e. The number of rotatable bonds is 5. The Morgan fingerprint density at radius 3 is 2.59 bits per heavy atom. The third kappa shape index (κ3) is 3.96. The van der Waals surface area contributed by atoms with Gasteiger partial charge in [-0.2, -0.15) is 4.98 Å². The largest absolute Gasteiger partial charge is 0.480 e. The number of hydrogen-bond acceptors (Lipinski definition) is 10. The molecule has 0 amide bonds. The maximum Gasteiger partial charge on any atom is 0.319 e. The van der Waals surface area contributed by atoms with Gasteiger partial charge >= 0.3 is 6.01 Å². The molecular formula is C19H25N5O4S. The quantitative estimate of drug-likeness (QED) is 0.768. The van der Waals surface area contributed by atoms with E-state index < -0.39 is 5.60 Å². The van der Waals surface area contributed by atoms with Gasteiger partial charge in [0.25, 0.3) is 0 Å². The van der Waals surface area contributed by atoms with E-state index >= 15 is 0 Å². The van der Waals surface area contributed by atoms with Gasteiger partial charge in [0.15, 0.2) is 5.82 Å². The van der Waals surface area contributed by atoms with Gasteiger partial charge in [-0.05, 0) is 13.8 Å².